The number of nitrogens with one attached hydrogen (secondary N) is 9. The SMILES string of the molecule is CNC(CC(C)C)C(=O)NC1C(=O)NC(CC(N)=O)C(=O)NC2C(=O)NC3C(=O)NC(C(=O)NC(C(=O)NCC(=O)Nc4ccc(-c5cn(-c6ccc(C)cc6)nn5)cc4)c4cc(O)cc(O)c4-c4cc3ccc4O)C(O)c3ccc(c(Cl)c3)Oc3cc2cc(c3OC2OC(CO)C(O)C(O)C2OC2CC(C)(N)C(O)C(C)O2)Oc2ccc(cc2Cl)C1O. The fourth-order valence-corrected chi connectivity index (χ4v) is 15.4. The number of aliphatic hydroxyl groups is 6. The van der Waals surface area contributed by atoms with Gasteiger partial charge in [0, 0.05) is 40.4 Å². The van der Waals surface area contributed by atoms with Crippen molar-refractivity contribution < 1.29 is 118 Å². The van der Waals surface area contributed by atoms with Crippen LogP contribution < -0.4 is 73.5 Å². The third-order valence-electron chi connectivity index (χ3n) is 21.5. The topological polar surface area (TPSA) is 582 Å². The van der Waals surface area contributed by atoms with Gasteiger partial charge in [-0.05, 0) is 147 Å². The van der Waals surface area contributed by atoms with Crippen molar-refractivity contribution >= 4 is 82.1 Å². The zero-order chi connectivity index (χ0) is 88.5. The highest BCUT2D eigenvalue weighted by atomic mass is 35.5. The molecular weight excluding hydrogens is 1650 g/mol. The third kappa shape index (κ3) is 19.5. The van der Waals surface area contributed by atoms with Crippen molar-refractivity contribution in [3.05, 3.63) is 177 Å². The van der Waals surface area contributed by atoms with Gasteiger partial charge in [0.25, 0.3) is 0 Å². The number of ether oxygens (including phenoxy) is 6. The molecule has 9 amide bonds. The first-order chi connectivity index (χ1) is 58.4. The van der Waals surface area contributed by atoms with Crippen LogP contribution in [0.15, 0.2) is 134 Å². The maximum Gasteiger partial charge on any atom is 0.248 e. The molecule has 7 aliphatic rings. The van der Waals surface area contributed by atoms with Crippen molar-refractivity contribution in [3.8, 4) is 74.1 Å². The second-order valence-electron chi connectivity index (χ2n) is 31.1. The van der Waals surface area contributed by atoms with Crippen molar-refractivity contribution in [1.29, 1.82) is 0 Å². The lowest BCUT2D eigenvalue weighted by Crippen LogP contribution is -2.64. The van der Waals surface area contributed by atoms with Gasteiger partial charge in [-0.1, -0.05) is 90.3 Å². The Balaban J connectivity index is 0.948. The molecule has 38 nitrogen and oxygen atoms in total. The Kier molecular flexibility index (Phi) is 26.6. The van der Waals surface area contributed by atoms with Crippen molar-refractivity contribution in [3.63, 3.8) is 0 Å². The lowest BCUT2D eigenvalue weighted by molar-refractivity contribution is -0.333. The Morgan fingerprint density at radius 3 is 1.97 bits per heavy atom. The quantitative estimate of drug-likeness (QED) is 0.0586. The van der Waals surface area contributed by atoms with Crippen molar-refractivity contribution in [2.75, 3.05) is 25.5 Å². The molecule has 2 saturated heterocycles. The number of fused-ring (bicyclic) bond motifs is 15. The lowest BCUT2D eigenvalue weighted by Gasteiger charge is -2.47. The van der Waals surface area contributed by atoms with E-state index in [1.165, 1.54) is 33.0 Å². The molecule has 2 fully saturated rings. The van der Waals surface area contributed by atoms with Crippen LogP contribution in [0.1, 0.15) is 111 Å². The van der Waals surface area contributed by atoms with Crippen molar-refractivity contribution in [2.45, 2.75) is 163 Å². The third-order valence-corrected chi connectivity index (χ3v) is 22.1. The van der Waals surface area contributed by atoms with Gasteiger partial charge in [-0.3, -0.25) is 43.2 Å². The molecule has 0 aliphatic carbocycles. The number of phenolic OH excluding ortho intramolecular Hbond substituents is 3. The summed E-state index contributed by atoms with van der Waals surface area (Å²) in [5.74, 6) is -16.4. The monoisotopic (exact) mass is 1740 g/mol. The maximum atomic E-state index is 16.3. The van der Waals surface area contributed by atoms with E-state index in [1.807, 2.05) is 45.0 Å². The summed E-state index contributed by atoms with van der Waals surface area (Å²) >= 11 is 14.3. The normalized spacial score (nSPS) is 26.2. The summed E-state index contributed by atoms with van der Waals surface area (Å²) < 4.78 is 40.3. The number of hydrogen-bond acceptors (Lipinski definition) is 28. The summed E-state index contributed by atoms with van der Waals surface area (Å²) in [5, 5.41) is 136. The second kappa shape index (κ2) is 36.9. The summed E-state index contributed by atoms with van der Waals surface area (Å²) in [7, 11) is 1.47. The molecule has 40 heteroatoms. The maximum absolute atomic E-state index is 16.3. The number of carbonyl (C=O) groups is 9. The number of carbonyl (C=O) groups excluding carboxylic acids is 9. The number of amides is 9. The number of anilines is 1. The van der Waals surface area contributed by atoms with E-state index in [-0.39, 0.29) is 51.9 Å². The van der Waals surface area contributed by atoms with Crippen LogP contribution in [0.5, 0.6) is 46.0 Å². The van der Waals surface area contributed by atoms with E-state index >= 15 is 28.8 Å². The number of rotatable bonds is 18. The van der Waals surface area contributed by atoms with Gasteiger partial charge < -0.3 is 134 Å². The van der Waals surface area contributed by atoms with Crippen LogP contribution in [0, 0.1) is 12.8 Å². The number of nitrogens with zero attached hydrogens (tertiary/aromatic N) is 3. The zero-order valence-corrected chi connectivity index (χ0v) is 68.0. The van der Waals surface area contributed by atoms with Gasteiger partial charge in [0.2, 0.25) is 65.2 Å². The average Bonchev–Trinajstić information content (AvgIpc) is 1.04. The number of nitrogens with two attached hydrogens (primary N) is 2. The van der Waals surface area contributed by atoms with Gasteiger partial charge >= 0.3 is 0 Å². The Morgan fingerprint density at radius 2 is 1.34 bits per heavy atom. The first-order valence-corrected chi connectivity index (χ1v) is 39.6. The number of hydrogen-bond donors (Lipinski definition) is 20. The Hall–Kier alpha value is -12.2. The van der Waals surface area contributed by atoms with Gasteiger partial charge in [-0.25, -0.2) is 4.68 Å². The lowest BCUT2D eigenvalue weighted by atomic mass is 9.86. The van der Waals surface area contributed by atoms with E-state index in [0.717, 1.165) is 78.0 Å². The molecule has 18 unspecified atom stereocenters. The molecule has 18 atom stereocenters. The van der Waals surface area contributed by atoms with E-state index in [1.54, 1.807) is 35.1 Å². The smallest absolute Gasteiger partial charge is 0.248 e. The van der Waals surface area contributed by atoms with Crippen molar-refractivity contribution in [1.82, 2.24) is 57.5 Å². The van der Waals surface area contributed by atoms with Gasteiger partial charge in [0.1, 0.15) is 101 Å². The molecule has 8 heterocycles. The Bertz CT molecular complexity index is 5390. The highest BCUT2D eigenvalue weighted by molar-refractivity contribution is 6.32. The summed E-state index contributed by atoms with van der Waals surface area (Å²) in [4.78, 5) is 135. The summed E-state index contributed by atoms with van der Waals surface area (Å²) in [5.41, 5.74) is 11.3. The molecule has 11 bridgehead atoms. The van der Waals surface area contributed by atoms with Gasteiger partial charge in [-0.2, -0.15) is 0 Å². The van der Waals surface area contributed by atoms with Crippen LogP contribution in [0.3, 0.4) is 0 Å². The number of phenols is 3. The van der Waals surface area contributed by atoms with Gasteiger partial charge in [-0.15, -0.1) is 5.10 Å². The summed E-state index contributed by atoms with van der Waals surface area (Å²) in [6.45, 7) is 6.76. The Labute approximate surface area is 710 Å². The molecule has 0 radical (unpaired) electrons. The first-order valence-electron chi connectivity index (χ1n) is 38.8. The highest BCUT2D eigenvalue weighted by Gasteiger charge is 2.52. The Morgan fingerprint density at radius 1 is 0.707 bits per heavy atom. The summed E-state index contributed by atoms with van der Waals surface area (Å²) in [6.07, 6.45) is -17.1. The van der Waals surface area contributed by atoms with Crippen LogP contribution >= 0.6 is 23.2 Å². The van der Waals surface area contributed by atoms with Crippen LogP contribution in [-0.4, -0.2) is 213 Å². The van der Waals surface area contributed by atoms with Gasteiger partial charge in [0.15, 0.2) is 23.9 Å². The van der Waals surface area contributed by atoms with Crippen LogP contribution in [0.25, 0.3) is 28.1 Å². The molecule has 0 saturated carbocycles. The largest absolute Gasteiger partial charge is 0.508 e. The number of aryl methyl sites for hydroxylation is 1. The molecule has 1 aromatic heterocycles. The number of halogens is 2. The number of aliphatic hydroxyl groups excluding tert-OH is 6. The van der Waals surface area contributed by atoms with E-state index in [4.69, 9.17) is 63.1 Å². The highest BCUT2D eigenvalue weighted by Crippen LogP contribution is 2.50. The standard InChI is InChI=1S/C83H90Cl2N14O24/c1-34(2)21-49(88-6)75(111)95-66-68(106)39-12-19-54(47(84)23-39)119-56-25-41-26-57(72(56)123-82-73(71(109)70(108)58(33-100)121-82)122-61-30-83(5,87)74(110)36(4)118-61)120-55-20-13-40(24-48(55)85)69(107)67-81(117)94-65(77(113)89-31-60(105)90-42-14-9-37(10-15-42)51-32-99(98-97-51)43-16-7-35(3)8-17-43)46-27-44(101)28-53(103)62(46)45-22-38(11-18-52(45)102)63(78(114)96-67)93-79(115)64(41)92-76(112)50(29-59(86)104)91-80(66)116/h7-20,22-28,32,34,36,49-50,58,61,63-71,73-74,82,88,100-103,106-110H,21,29-31,33,87H2,1-6H3,(H2,86,104)(H,89,113)(H,90,105)(H,91,116)(H,92,112)(H,93,115)(H,94,117)(H,95,111)(H,96,114). The summed E-state index contributed by atoms with van der Waals surface area (Å²) in [6, 6.07) is 13.4. The van der Waals surface area contributed by atoms with E-state index < -0.39 is 250 Å². The van der Waals surface area contributed by atoms with Crippen LogP contribution in [0.2, 0.25) is 10.0 Å². The minimum Gasteiger partial charge on any atom is -0.508 e. The fraction of sp³-hybridized carbons (Fsp3) is 0.361. The molecule has 650 valence electrons. The van der Waals surface area contributed by atoms with Crippen LogP contribution in [-0.2, 0) is 57.4 Å². The number of benzene rings is 7. The van der Waals surface area contributed by atoms with E-state index in [9.17, 15) is 60.3 Å². The van der Waals surface area contributed by atoms with Crippen molar-refractivity contribution in [2.24, 2.45) is 17.4 Å². The molecule has 123 heavy (non-hydrogen) atoms. The van der Waals surface area contributed by atoms with Gasteiger partial charge in [0.05, 0.1) is 59.8 Å². The molecule has 7 aromatic carbocycles. The fourth-order valence-electron chi connectivity index (χ4n) is 14.9. The number of aromatic nitrogens is 3. The molecular formula is C83H90Cl2N14O24. The molecule has 15 rings (SSSR count). The molecule has 8 aromatic rings. The number of likely N-dealkylation sites (N-methyl/N-ethyl adjacent to an activating group) is 1. The second-order valence-corrected chi connectivity index (χ2v) is 31.9. The predicted octanol–water partition coefficient (Wildman–Crippen LogP) is 2.33. The predicted molar refractivity (Wildman–Crippen MR) is 435 cm³/mol. The first kappa shape index (κ1) is 88.6. The van der Waals surface area contributed by atoms with E-state index in [0.29, 0.717) is 11.3 Å². The number of aromatic hydroxyl groups is 3. The average molecular weight is 1740 g/mol. The molecule has 22 N–H and O–H groups in total. The molecule has 0 spiro atoms. The molecule has 7 aliphatic heterocycles. The minimum atomic E-state index is -2.38. The minimum absolute atomic E-state index is 0.114. The number of primary amides is 1. The zero-order valence-electron chi connectivity index (χ0n) is 66.5. The van der Waals surface area contributed by atoms with Crippen LogP contribution in [0.4, 0.5) is 5.69 Å². The van der Waals surface area contributed by atoms with E-state index in [2.05, 4.69) is 58.2 Å².